The molecule has 4 saturated carbocycles. The minimum atomic E-state index is -0.397. The molecule has 4 rings (SSSR count). The molecule has 4 aliphatic carbocycles. The van der Waals surface area contributed by atoms with Crippen LogP contribution in [0, 0.1) is 23.2 Å². The molecule has 0 aliphatic heterocycles. The maximum atomic E-state index is 11.5. The van der Waals surface area contributed by atoms with Crippen LogP contribution in [0.15, 0.2) is 11.8 Å². The maximum absolute atomic E-state index is 11.5. The van der Waals surface area contributed by atoms with Gasteiger partial charge in [-0.3, -0.25) is 0 Å². The first-order valence-corrected chi connectivity index (χ1v) is 7.19. The molecule has 4 bridgehead atoms. The van der Waals surface area contributed by atoms with Gasteiger partial charge in [0, 0.05) is 5.41 Å². The molecule has 100 valence electrons. The Bertz CT molecular complexity index is 348. The van der Waals surface area contributed by atoms with Gasteiger partial charge in [-0.1, -0.05) is 0 Å². The molecule has 0 atom stereocenters. The molecule has 0 saturated heterocycles. The van der Waals surface area contributed by atoms with Gasteiger partial charge in [0.25, 0.3) is 0 Å². The number of aliphatic hydroxyl groups excluding tert-OH is 1. The van der Waals surface area contributed by atoms with Crippen LogP contribution in [-0.4, -0.2) is 17.7 Å². The van der Waals surface area contributed by atoms with Crippen molar-refractivity contribution in [1.29, 1.82) is 0 Å². The van der Waals surface area contributed by atoms with Crippen molar-refractivity contribution < 1.29 is 14.6 Å². The van der Waals surface area contributed by atoms with Gasteiger partial charge in [0.2, 0.25) is 0 Å². The van der Waals surface area contributed by atoms with Gasteiger partial charge < -0.3 is 9.84 Å². The fourth-order valence-electron chi connectivity index (χ4n) is 4.87. The molecule has 0 aromatic carbocycles. The lowest BCUT2D eigenvalue weighted by molar-refractivity contribution is -0.137. The molecular weight excluding hydrogens is 228 g/mol. The molecule has 0 aromatic heterocycles. The van der Waals surface area contributed by atoms with Crippen LogP contribution in [0.25, 0.3) is 0 Å². The summed E-state index contributed by atoms with van der Waals surface area (Å²) in [6.45, 7) is 2.15. The van der Waals surface area contributed by atoms with Gasteiger partial charge in [0.05, 0.1) is 12.7 Å². The van der Waals surface area contributed by atoms with Gasteiger partial charge in [0.15, 0.2) is 0 Å². The number of ether oxygens (including phenoxy) is 1. The van der Waals surface area contributed by atoms with Crippen molar-refractivity contribution in [3.05, 3.63) is 11.8 Å². The van der Waals surface area contributed by atoms with Crippen LogP contribution in [0.1, 0.15) is 45.4 Å². The zero-order valence-corrected chi connectivity index (χ0v) is 11.0. The van der Waals surface area contributed by atoms with E-state index in [2.05, 4.69) is 0 Å². The fraction of sp³-hybridized carbons (Fsp3) is 0.800. The van der Waals surface area contributed by atoms with Gasteiger partial charge >= 0.3 is 5.97 Å². The molecule has 0 spiro atoms. The van der Waals surface area contributed by atoms with Gasteiger partial charge in [0.1, 0.15) is 5.76 Å². The first-order chi connectivity index (χ1) is 8.61. The molecule has 3 nitrogen and oxygen atoms in total. The number of esters is 1. The minimum Gasteiger partial charge on any atom is -0.511 e. The molecule has 18 heavy (non-hydrogen) atoms. The Morgan fingerprint density at radius 2 is 1.72 bits per heavy atom. The Morgan fingerprint density at radius 1 is 1.22 bits per heavy atom. The summed E-state index contributed by atoms with van der Waals surface area (Å²) in [4.78, 5) is 11.5. The predicted molar refractivity (Wildman–Crippen MR) is 67.9 cm³/mol. The molecule has 0 heterocycles. The number of rotatable bonds is 3. The van der Waals surface area contributed by atoms with Crippen LogP contribution in [0.2, 0.25) is 0 Å². The van der Waals surface area contributed by atoms with Crippen molar-refractivity contribution in [2.45, 2.75) is 45.4 Å². The standard InChI is InChI=1S/C15H22O3/c1-2-18-14(17)6-13(16)15-7-10-3-11(8-15)5-12(4-10)9-15/h6,10-12,16H,2-5,7-9H2,1H3. The molecule has 1 N–H and O–H groups in total. The lowest BCUT2D eigenvalue weighted by atomic mass is 9.49. The Balaban J connectivity index is 1.80. The van der Waals surface area contributed by atoms with Gasteiger partial charge in [-0.25, -0.2) is 4.79 Å². The summed E-state index contributed by atoms with van der Waals surface area (Å²) < 4.78 is 4.90. The van der Waals surface area contributed by atoms with Crippen LogP contribution in [-0.2, 0) is 9.53 Å². The van der Waals surface area contributed by atoms with Crippen LogP contribution < -0.4 is 0 Å². The van der Waals surface area contributed by atoms with Gasteiger partial charge in [-0.2, -0.15) is 0 Å². The maximum Gasteiger partial charge on any atom is 0.334 e. The molecule has 0 amide bonds. The third-order valence-electron chi connectivity index (χ3n) is 5.12. The van der Waals surface area contributed by atoms with Crippen LogP contribution in [0.3, 0.4) is 0 Å². The number of hydrogen-bond donors (Lipinski definition) is 1. The largest absolute Gasteiger partial charge is 0.511 e. The average molecular weight is 250 g/mol. The average Bonchev–Trinajstić information content (AvgIpc) is 2.27. The van der Waals surface area contributed by atoms with E-state index >= 15 is 0 Å². The Morgan fingerprint density at radius 3 is 2.17 bits per heavy atom. The third-order valence-corrected chi connectivity index (χ3v) is 5.12. The summed E-state index contributed by atoms with van der Waals surface area (Å²) in [7, 11) is 0. The number of allylic oxidation sites excluding steroid dienone is 1. The third kappa shape index (κ3) is 1.94. The minimum absolute atomic E-state index is 0.0957. The van der Waals surface area contributed by atoms with Gasteiger partial charge in [-0.15, -0.1) is 0 Å². The van der Waals surface area contributed by atoms with Crippen molar-refractivity contribution >= 4 is 5.97 Å². The molecule has 0 unspecified atom stereocenters. The van der Waals surface area contributed by atoms with Gasteiger partial charge in [-0.05, 0) is 63.2 Å². The van der Waals surface area contributed by atoms with E-state index in [1.165, 1.54) is 25.3 Å². The number of aliphatic hydroxyl groups is 1. The summed E-state index contributed by atoms with van der Waals surface area (Å²) in [5.74, 6) is 2.21. The van der Waals surface area contributed by atoms with E-state index in [1.54, 1.807) is 6.92 Å². The second-order valence-corrected chi connectivity index (χ2v) is 6.48. The first kappa shape index (κ1) is 12.1. The Hall–Kier alpha value is -0.990. The molecule has 3 heteroatoms. The van der Waals surface area contributed by atoms with E-state index in [1.807, 2.05) is 0 Å². The molecule has 0 aromatic rings. The first-order valence-electron chi connectivity index (χ1n) is 7.19. The highest BCUT2D eigenvalue weighted by Gasteiger charge is 2.53. The number of carbonyl (C=O) groups is 1. The highest BCUT2D eigenvalue weighted by Crippen LogP contribution is 2.62. The summed E-state index contributed by atoms with van der Waals surface area (Å²) in [5, 5.41) is 10.4. The van der Waals surface area contributed by atoms with E-state index in [4.69, 9.17) is 4.74 Å². The van der Waals surface area contributed by atoms with Crippen LogP contribution in [0.5, 0.6) is 0 Å². The van der Waals surface area contributed by atoms with Crippen LogP contribution >= 0.6 is 0 Å². The highest BCUT2D eigenvalue weighted by atomic mass is 16.5. The molecule has 0 radical (unpaired) electrons. The lowest BCUT2D eigenvalue weighted by Crippen LogP contribution is -2.47. The van der Waals surface area contributed by atoms with Crippen molar-refractivity contribution in [3.8, 4) is 0 Å². The summed E-state index contributed by atoms with van der Waals surface area (Å²) in [5.41, 5.74) is -0.0957. The van der Waals surface area contributed by atoms with Crippen molar-refractivity contribution in [1.82, 2.24) is 0 Å². The topological polar surface area (TPSA) is 46.5 Å². The summed E-state index contributed by atoms with van der Waals surface area (Å²) in [6, 6.07) is 0. The van der Waals surface area contributed by atoms with Crippen molar-refractivity contribution in [3.63, 3.8) is 0 Å². The van der Waals surface area contributed by atoms with E-state index in [-0.39, 0.29) is 5.41 Å². The highest BCUT2D eigenvalue weighted by molar-refractivity contribution is 5.82. The zero-order chi connectivity index (χ0) is 12.8. The van der Waals surface area contributed by atoms with E-state index in [9.17, 15) is 9.90 Å². The summed E-state index contributed by atoms with van der Waals surface area (Å²) in [6.07, 6.45) is 8.56. The second-order valence-electron chi connectivity index (χ2n) is 6.48. The fourth-order valence-corrected chi connectivity index (χ4v) is 4.87. The SMILES string of the molecule is CCOC(=O)C=C(O)C12CC3CC(CC(C3)C1)C2. The quantitative estimate of drug-likeness (QED) is 0.475. The number of hydrogen-bond acceptors (Lipinski definition) is 3. The predicted octanol–water partition coefficient (Wildman–Crippen LogP) is 3.21. The second kappa shape index (κ2) is 4.29. The van der Waals surface area contributed by atoms with E-state index in [0.717, 1.165) is 37.0 Å². The lowest BCUT2D eigenvalue weighted by Gasteiger charge is -2.56. The summed E-state index contributed by atoms with van der Waals surface area (Å²) >= 11 is 0. The molecular formula is C15H22O3. The number of carbonyl (C=O) groups excluding carboxylic acids is 1. The zero-order valence-electron chi connectivity index (χ0n) is 11.0. The Kier molecular flexibility index (Phi) is 2.87. The molecule has 4 aliphatic rings. The smallest absolute Gasteiger partial charge is 0.334 e. The normalized spacial score (nSPS) is 42.1. The monoisotopic (exact) mass is 250 g/mol. The van der Waals surface area contributed by atoms with Crippen molar-refractivity contribution in [2.75, 3.05) is 6.61 Å². The van der Waals surface area contributed by atoms with E-state index in [0.29, 0.717) is 12.4 Å². The Labute approximate surface area is 108 Å². The molecule has 4 fully saturated rings. The van der Waals surface area contributed by atoms with E-state index < -0.39 is 5.97 Å². The van der Waals surface area contributed by atoms with Crippen molar-refractivity contribution in [2.24, 2.45) is 23.2 Å². The van der Waals surface area contributed by atoms with Crippen LogP contribution in [0.4, 0.5) is 0 Å².